The fourth-order valence-electron chi connectivity index (χ4n) is 1.36. The fourth-order valence-corrected chi connectivity index (χ4v) is 1.36. The van der Waals surface area contributed by atoms with Gasteiger partial charge < -0.3 is 16.0 Å². The average Bonchev–Trinajstić information content (AvgIpc) is 2.36. The smallest absolute Gasteiger partial charge is 0.259 e. The van der Waals surface area contributed by atoms with Crippen LogP contribution in [-0.4, -0.2) is 24.2 Å². The molecule has 1 rings (SSSR count). The van der Waals surface area contributed by atoms with E-state index in [2.05, 4.69) is 15.6 Å². The van der Waals surface area contributed by atoms with Crippen molar-refractivity contribution in [1.29, 1.82) is 5.41 Å². The van der Waals surface area contributed by atoms with Gasteiger partial charge in [-0.2, -0.15) is 0 Å². The molecule has 0 saturated carbocycles. The maximum atomic E-state index is 11.8. The highest BCUT2D eigenvalue weighted by atomic mass is 16.1. The Morgan fingerprint density at radius 1 is 1.44 bits per heavy atom. The van der Waals surface area contributed by atoms with Crippen molar-refractivity contribution in [2.24, 2.45) is 0 Å². The number of aromatic nitrogens is 1. The van der Waals surface area contributed by atoms with Gasteiger partial charge in [0, 0.05) is 25.2 Å². The van der Waals surface area contributed by atoms with Gasteiger partial charge in [-0.1, -0.05) is 19.9 Å². The van der Waals surface area contributed by atoms with E-state index in [1.54, 1.807) is 13.1 Å². The molecule has 96 valence electrons. The molecule has 0 bridgehead atoms. The zero-order valence-corrected chi connectivity index (χ0v) is 10.8. The van der Waals surface area contributed by atoms with E-state index >= 15 is 0 Å². The first-order valence-electron chi connectivity index (χ1n) is 5.74. The van der Waals surface area contributed by atoms with Crippen molar-refractivity contribution < 1.29 is 4.79 Å². The quantitative estimate of drug-likeness (QED) is 0.548. The molecule has 1 amide bonds. The van der Waals surface area contributed by atoms with Crippen LogP contribution in [0.5, 0.6) is 0 Å². The minimum absolute atomic E-state index is 0.245. The molecule has 0 aliphatic heterocycles. The van der Waals surface area contributed by atoms with Crippen LogP contribution in [-0.2, 0) is 4.79 Å². The molecular formula is C13H18N4O. The van der Waals surface area contributed by atoms with Gasteiger partial charge in [0.05, 0.1) is 5.57 Å². The maximum Gasteiger partial charge on any atom is 0.259 e. The Kier molecular flexibility index (Phi) is 5.05. The van der Waals surface area contributed by atoms with Crippen molar-refractivity contribution in [3.63, 3.8) is 0 Å². The lowest BCUT2D eigenvalue weighted by Crippen LogP contribution is -2.18. The van der Waals surface area contributed by atoms with Crippen LogP contribution < -0.4 is 10.6 Å². The summed E-state index contributed by atoms with van der Waals surface area (Å²) in [6, 6.07) is 5.50. The molecule has 0 atom stereocenters. The molecular weight excluding hydrogens is 228 g/mol. The van der Waals surface area contributed by atoms with Crippen molar-refractivity contribution in [2.45, 2.75) is 19.8 Å². The third-order valence-corrected chi connectivity index (χ3v) is 2.32. The van der Waals surface area contributed by atoms with Crippen LogP contribution in [0.2, 0.25) is 0 Å². The van der Waals surface area contributed by atoms with Gasteiger partial charge in [-0.15, -0.1) is 0 Å². The Bertz CT molecular complexity index is 466. The van der Waals surface area contributed by atoms with Crippen LogP contribution in [0.15, 0.2) is 30.0 Å². The predicted molar refractivity (Wildman–Crippen MR) is 72.9 cm³/mol. The Hall–Kier alpha value is -2.17. The van der Waals surface area contributed by atoms with Gasteiger partial charge in [0.25, 0.3) is 5.91 Å². The largest absolute Gasteiger partial charge is 0.393 e. The van der Waals surface area contributed by atoms with Crippen LogP contribution in [0.4, 0.5) is 5.82 Å². The summed E-state index contributed by atoms with van der Waals surface area (Å²) in [5, 5.41) is 12.5. The van der Waals surface area contributed by atoms with Crippen LogP contribution >= 0.6 is 0 Å². The van der Waals surface area contributed by atoms with Crippen molar-refractivity contribution >= 4 is 17.9 Å². The molecule has 5 heteroatoms. The Labute approximate surface area is 107 Å². The number of nitrogens with zero attached hydrogens (tertiary/aromatic N) is 1. The summed E-state index contributed by atoms with van der Waals surface area (Å²) >= 11 is 0. The molecule has 0 saturated heterocycles. The molecule has 0 spiro atoms. The molecule has 0 aromatic carbocycles. The maximum absolute atomic E-state index is 11.8. The molecule has 0 aliphatic carbocycles. The highest BCUT2D eigenvalue weighted by Crippen LogP contribution is 2.14. The van der Waals surface area contributed by atoms with E-state index < -0.39 is 0 Å². The zero-order chi connectivity index (χ0) is 13.5. The summed E-state index contributed by atoms with van der Waals surface area (Å²) in [7, 11) is 1.68. The molecule has 0 aliphatic rings. The van der Waals surface area contributed by atoms with E-state index in [0.717, 1.165) is 11.9 Å². The first-order valence-corrected chi connectivity index (χ1v) is 5.74. The molecule has 18 heavy (non-hydrogen) atoms. The van der Waals surface area contributed by atoms with Gasteiger partial charge in [0.2, 0.25) is 0 Å². The first-order chi connectivity index (χ1) is 8.58. The molecule has 5 nitrogen and oxygen atoms in total. The Morgan fingerprint density at radius 3 is 2.72 bits per heavy atom. The van der Waals surface area contributed by atoms with Crippen LogP contribution in [0.25, 0.3) is 0 Å². The van der Waals surface area contributed by atoms with Crippen molar-refractivity contribution in [3.8, 4) is 0 Å². The second kappa shape index (κ2) is 6.54. The van der Waals surface area contributed by atoms with Gasteiger partial charge in [0.15, 0.2) is 0 Å². The van der Waals surface area contributed by atoms with Crippen LogP contribution in [0.3, 0.4) is 0 Å². The van der Waals surface area contributed by atoms with Crippen LogP contribution in [0.1, 0.15) is 25.5 Å². The molecule has 1 aromatic rings. The first kappa shape index (κ1) is 13.9. The van der Waals surface area contributed by atoms with Gasteiger partial charge in [-0.25, -0.2) is 4.98 Å². The highest BCUT2D eigenvalue weighted by molar-refractivity contribution is 6.16. The number of carbonyl (C=O) groups excluding carboxylic acids is 1. The molecule has 0 unspecified atom stereocenters. The molecule has 0 fully saturated rings. The van der Waals surface area contributed by atoms with Gasteiger partial charge >= 0.3 is 0 Å². The van der Waals surface area contributed by atoms with Crippen molar-refractivity contribution in [1.82, 2.24) is 10.3 Å². The SMILES string of the molecule is CN/C=C(\C=N)C(=O)Nc1cccc(C(C)C)n1. The van der Waals surface area contributed by atoms with Gasteiger partial charge in [0.1, 0.15) is 5.82 Å². The van der Waals surface area contributed by atoms with Crippen molar-refractivity contribution in [3.05, 3.63) is 35.7 Å². The monoisotopic (exact) mass is 246 g/mol. The Morgan fingerprint density at radius 2 is 2.17 bits per heavy atom. The summed E-state index contributed by atoms with van der Waals surface area (Å²) in [5.74, 6) is 0.444. The number of anilines is 1. The van der Waals surface area contributed by atoms with Crippen LogP contribution in [0, 0.1) is 5.41 Å². The van der Waals surface area contributed by atoms with E-state index in [-0.39, 0.29) is 11.5 Å². The zero-order valence-electron chi connectivity index (χ0n) is 10.8. The number of pyridine rings is 1. The van der Waals surface area contributed by atoms with Gasteiger partial charge in [-0.05, 0) is 18.1 Å². The molecule has 1 heterocycles. The van der Waals surface area contributed by atoms with E-state index in [1.807, 2.05) is 26.0 Å². The Balaban J connectivity index is 2.84. The lowest BCUT2D eigenvalue weighted by Gasteiger charge is -2.08. The average molecular weight is 246 g/mol. The predicted octanol–water partition coefficient (Wildman–Crippen LogP) is 1.90. The van der Waals surface area contributed by atoms with E-state index in [9.17, 15) is 4.79 Å². The third-order valence-electron chi connectivity index (χ3n) is 2.32. The lowest BCUT2D eigenvalue weighted by atomic mass is 10.1. The minimum Gasteiger partial charge on any atom is -0.393 e. The summed E-state index contributed by atoms with van der Waals surface area (Å²) in [4.78, 5) is 16.1. The van der Waals surface area contributed by atoms with E-state index in [4.69, 9.17) is 5.41 Å². The normalized spacial score (nSPS) is 11.2. The summed E-state index contributed by atoms with van der Waals surface area (Å²) in [6.07, 6.45) is 2.47. The number of rotatable bonds is 5. The molecule has 1 aromatic heterocycles. The second-order valence-electron chi connectivity index (χ2n) is 4.09. The molecule has 0 radical (unpaired) electrons. The number of hydrogen-bond acceptors (Lipinski definition) is 4. The number of carbonyl (C=O) groups is 1. The highest BCUT2D eigenvalue weighted by Gasteiger charge is 2.08. The second-order valence-corrected chi connectivity index (χ2v) is 4.09. The summed E-state index contributed by atoms with van der Waals surface area (Å²) < 4.78 is 0. The van der Waals surface area contributed by atoms with E-state index in [0.29, 0.717) is 11.7 Å². The lowest BCUT2D eigenvalue weighted by molar-refractivity contribution is -0.112. The third kappa shape index (κ3) is 3.69. The standard InChI is InChI=1S/C13H18N4O/c1-9(2)11-5-4-6-12(16-11)17-13(18)10(7-14)8-15-3/h4-9,14-15H,1-3H3,(H,16,17,18)/b10-8+,14-7?. The number of hydrogen-bond donors (Lipinski definition) is 3. The minimum atomic E-state index is -0.354. The topological polar surface area (TPSA) is 77.9 Å². The fraction of sp³-hybridized carbons (Fsp3) is 0.308. The molecule has 3 N–H and O–H groups in total. The van der Waals surface area contributed by atoms with E-state index in [1.165, 1.54) is 6.20 Å². The van der Waals surface area contributed by atoms with Crippen molar-refractivity contribution in [2.75, 3.05) is 12.4 Å². The summed E-state index contributed by atoms with van der Waals surface area (Å²) in [6.45, 7) is 4.08. The number of nitrogens with one attached hydrogen (secondary N) is 3. The number of amides is 1. The van der Waals surface area contributed by atoms with Gasteiger partial charge in [-0.3, -0.25) is 4.79 Å². The summed E-state index contributed by atoms with van der Waals surface area (Å²) in [5.41, 5.74) is 1.16.